The molecule has 0 atom stereocenters. The van der Waals surface area contributed by atoms with E-state index >= 15 is 0 Å². The van der Waals surface area contributed by atoms with Crippen molar-refractivity contribution in [3.63, 3.8) is 0 Å². The second kappa shape index (κ2) is 10.9. The molecule has 5 rings (SSSR count). The van der Waals surface area contributed by atoms with Crippen LogP contribution < -0.4 is 15.1 Å². The number of nitrogens with one attached hydrogen (secondary N) is 2. The second-order valence-corrected chi connectivity index (χ2v) is 10.6. The number of halogens is 1. The molecule has 0 aromatic heterocycles. The van der Waals surface area contributed by atoms with Crippen LogP contribution in [0, 0.1) is 0 Å². The first-order valence-corrected chi connectivity index (χ1v) is 13.4. The van der Waals surface area contributed by atoms with Crippen molar-refractivity contribution in [1.82, 2.24) is 5.32 Å². The van der Waals surface area contributed by atoms with Crippen molar-refractivity contribution in [3.05, 3.63) is 88.4 Å². The summed E-state index contributed by atoms with van der Waals surface area (Å²) in [6.07, 6.45) is 3.59. The largest absolute Gasteiger partial charge is 0.352 e. The summed E-state index contributed by atoms with van der Waals surface area (Å²) in [6, 6.07) is 20.8. The highest BCUT2D eigenvalue weighted by Gasteiger charge is 2.28. The van der Waals surface area contributed by atoms with Crippen LogP contribution in [-0.4, -0.2) is 38.0 Å². The fourth-order valence-electron chi connectivity index (χ4n) is 4.80. The van der Waals surface area contributed by atoms with Gasteiger partial charge in [-0.25, -0.2) is 0 Å². The number of amides is 2. The van der Waals surface area contributed by atoms with Gasteiger partial charge < -0.3 is 15.1 Å². The highest BCUT2D eigenvalue weighted by molar-refractivity contribution is 7.99. The van der Waals surface area contributed by atoms with E-state index in [1.807, 2.05) is 66.7 Å². The number of benzene rings is 3. The number of quaternary nitrogens is 1. The maximum absolute atomic E-state index is 13.7. The summed E-state index contributed by atoms with van der Waals surface area (Å²) >= 11 is 7.78. The molecular weight excluding hydrogens is 478 g/mol. The molecule has 2 heterocycles. The average Bonchev–Trinajstić information content (AvgIpc) is 3.35. The molecule has 1 fully saturated rings. The number of hydrogen-bond donors (Lipinski definition) is 2. The minimum atomic E-state index is -0.105. The predicted molar refractivity (Wildman–Crippen MR) is 141 cm³/mol. The molecule has 3 aromatic carbocycles. The summed E-state index contributed by atoms with van der Waals surface area (Å²) in [5.74, 6) is -0.191. The van der Waals surface area contributed by atoms with E-state index in [0.29, 0.717) is 29.2 Å². The van der Waals surface area contributed by atoms with Crippen LogP contribution in [0.1, 0.15) is 45.5 Å². The summed E-state index contributed by atoms with van der Waals surface area (Å²) in [6.45, 7) is 4.61. The highest BCUT2D eigenvalue weighted by Crippen LogP contribution is 2.42. The number of likely N-dealkylation sites (tertiary alicyclic amines) is 1. The van der Waals surface area contributed by atoms with Gasteiger partial charge in [-0.15, -0.1) is 0 Å². The van der Waals surface area contributed by atoms with Gasteiger partial charge in [0.05, 0.1) is 37.4 Å². The van der Waals surface area contributed by atoms with E-state index in [-0.39, 0.29) is 11.8 Å². The molecule has 0 unspecified atom stereocenters. The number of rotatable bonds is 7. The van der Waals surface area contributed by atoms with Gasteiger partial charge in [0.25, 0.3) is 11.8 Å². The summed E-state index contributed by atoms with van der Waals surface area (Å²) in [5, 5.41) is 3.69. The topological polar surface area (TPSA) is 53.9 Å². The lowest BCUT2D eigenvalue weighted by molar-refractivity contribution is -0.887. The fourth-order valence-corrected chi connectivity index (χ4v) is 6.08. The highest BCUT2D eigenvalue weighted by atomic mass is 35.5. The Bertz CT molecular complexity index is 1240. The van der Waals surface area contributed by atoms with Crippen LogP contribution in [0.15, 0.2) is 76.5 Å². The van der Waals surface area contributed by atoms with Crippen LogP contribution in [0.4, 0.5) is 5.69 Å². The SMILES string of the molecule is O=C(NCCC[NH+]1CCCC1)c1ccc2c(c1)N(Cc1cccc(Cl)c1)C(=O)c1ccccc1S2. The van der Waals surface area contributed by atoms with Gasteiger partial charge in [-0.2, -0.15) is 0 Å². The number of hydrogen-bond acceptors (Lipinski definition) is 3. The minimum Gasteiger partial charge on any atom is -0.352 e. The van der Waals surface area contributed by atoms with Gasteiger partial charge in [0.2, 0.25) is 0 Å². The Balaban J connectivity index is 1.39. The molecule has 0 radical (unpaired) electrons. The Morgan fingerprint density at radius 2 is 1.83 bits per heavy atom. The zero-order valence-corrected chi connectivity index (χ0v) is 21.1. The third-order valence-corrected chi connectivity index (χ3v) is 8.00. The summed E-state index contributed by atoms with van der Waals surface area (Å²) in [5.41, 5.74) is 2.89. The van der Waals surface area contributed by atoms with Crippen LogP contribution in [0.2, 0.25) is 5.02 Å². The Labute approximate surface area is 215 Å². The lowest BCUT2D eigenvalue weighted by atomic mass is 10.1. The molecule has 35 heavy (non-hydrogen) atoms. The molecule has 5 nitrogen and oxygen atoms in total. The monoisotopic (exact) mass is 506 g/mol. The van der Waals surface area contributed by atoms with Crippen LogP contribution in [0.25, 0.3) is 0 Å². The first kappa shape index (κ1) is 23.9. The summed E-state index contributed by atoms with van der Waals surface area (Å²) in [4.78, 5) is 31.9. The van der Waals surface area contributed by atoms with Crippen molar-refractivity contribution in [2.24, 2.45) is 0 Å². The lowest BCUT2D eigenvalue weighted by Crippen LogP contribution is -3.10. The van der Waals surface area contributed by atoms with Crippen molar-refractivity contribution in [1.29, 1.82) is 0 Å². The molecule has 180 valence electrons. The van der Waals surface area contributed by atoms with E-state index in [0.717, 1.165) is 34.0 Å². The van der Waals surface area contributed by atoms with Crippen LogP contribution >= 0.6 is 23.4 Å². The van der Waals surface area contributed by atoms with Crippen molar-refractivity contribution in [2.45, 2.75) is 35.6 Å². The molecule has 7 heteroatoms. The molecule has 0 saturated carbocycles. The molecule has 1 saturated heterocycles. The standard InChI is InChI=1S/C28H28ClN3O2S/c29-22-8-5-7-20(17-22)19-32-24-18-21(27(33)30-13-6-16-31-14-3-4-15-31)11-12-26(24)35-25-10-2-1-9-23(25)28(32)34/h1-2,5,7-12,17-18H,3-4,6,13-16,19H2,(H,30,33)/p+1. The van der Waals surface area contributed by atoms with E-state index < -0.39 is 0 Å². The number of nitrogens with zero attached hydrogens (tertiary/aromatic N) is 1. The van der Waals surface area contributed by atoms with E-state index in [1.54, 1.807) is 21.6 Å². The third kappa shape index (κ3) is 5.56. The number of carbonyl (C=O) groups excluding carboxylic acids is 2. The van der Waals surface area contributed by atoms with E-state index in [9.17, 15) is 9.59 Å². The van der Waals surface area contributed by atoms with E-state index in [1.165, 1.54) is 25.9 Å². The maximum atomic E-state index is 13.7. The third-order valence-electron chi connectivity index (χ3n) is 6.63. The molecule has 3 aromatic rings. The summed E-state index contributed by atoms with van der Waals surface area (Å²) in [7, 11) is 0. The Morgan fingerprint density at radius 1 is 1.00 bits per heavy atom. The molecule has 2 aliphatic rings. The number of fused-ring (bicyclic) bond motifs is 2. The number of carbonyl (C=O) groups is 2. The van der Waals surface area contributed by atoms with Gasteiger partial charge in [-0.05, 0) is 48.0 Å². The first-order valence-electron chi connectivity index (χ1n) is 12.2. The molecule has 2 aliphatic heterocycles. The Kier molecular flexibility index (Phi) is 7.42. The van der Waals surface area contributed by atoms with Gasteiger partial charge in [0.15, 0.2) is 0 Å². The quantitative estimate of drug-likeness (QED) is 0.465. The minimum absolute atomic E-state index is 0.0852. The molecule has 0 spiro atoms. The van der Waals surface area contributed by atoms with Gasteiger partial charge in [-0.1, -0.05) is 47.6 Å². The van der Waals surface area contributed by atoms with Gasteiger partial charge in [0, 0.05) is 46.2 Å². The Hall–Kier alpha value is -2.80. The van der Waals surface area contributed by atoms with Gasteiger partial charge in [0.1, 0.15) is 0 Å². The molecule has 0 bridgehead atoms. The normalized spacial score (nSPS) is 15.5. The van der Waals surface area contributed by atoms with E-state index in [4.69, 9.17) is 11.6 Å². The smallest absolute Gasteiger partial charge is 0.259 e. The second-order valence-electron chi connectivity index (χ2n) is 9.12. The van der Waals surface area contributed by atoms with Crippen molar-refractivity contribution >= 4 is 40.9 Å². The zero-order valence-electron chi connectivity index (χ0n) is 19.6. The van der Waals surface area contributed by atoms with Crippen LogP contribution in [-0.2, 0) is 6.54 Å². The van der Waals surface area contributed by atoms with Gasteiger partial charge in [-0.3, -0.25) is 9.59 Å². The zero-order chi connectivity index (χ0) is 24.2. The van der Waals surface area contributed by atoms with Crippen LogP contribution in [0.3, 0.4) is 0 Å². The molecular formula is C28H29ClN3O2S+. The number of anilines is 1. The maximum Gasteiger partial charge on any atom is 0.259 e. The predicted octanol–water partition coefficient (Wildman–Crippen LogP) is 4.45. The molecule has 0 aliphatic carbocycles. The van der Waals surface area contributed by atoms with Crippen molar-refractivity contribution in [3.8, 4) is 0 Å². The van der Waals surface area contributed by atoms with Crippen molar-refractivity contribution in [2.75, 3.05) is 31.1 Å². The Morgan fingerprint density at radius 3 is 2.66 bits per heavy atom. The molecule has 2 N–H and O–H groups in total. The van der Waals surface area contributed by atoms with Gasteiger partial charge >= 0.3 is 0 Å². The van der Waals surface area contributed by atoms with E-state index in [2.05, 4.69) is 5.32 Å². The fraction of sp³-hybridized carbons (Fsp3) is 0.286. The first-order chi connectivity index (χ1) is 17.1. The lowest BCUT2D eigenvalue weighted by Gasteiger charge is -2.24. The molecule has 2 amide bonds. The van der Waals surface area contributed by atoms with Crippen LogP contribution in [0.5, 0.6) is 0 Å². The summed E-state index contributed by atoms with van der Waals surface area (Å²) < 4.78 is 0. The van der Waals surface area contributed by atoms with Crippen molar-refractivity contribution < 1.29 is 14.5 Å². The average molecular weight is 507 g/mol.